The molecule has 1 aliphatic carbocycles. The van der Waals surface area contributed by atoms with Crippen LogP contribution in [0.15, 0.2) is 24.3 Å². The highest BCUT2D eigenvalue weighted by atomic mass is 16.5. The van der Waals surface area contributed by atoms with Crippen LogP contribution in [0, 0.1) is 6.92 Å². The van der Waals surface area contributed by atoms with E-state index in [1.165, 1.54) is 30.4 Å². The van der Waals surface area contributed by atoms with Gasteiger partial charge in [0.05, 0.1) is 13.2 Å². The molecule has 0 bridgehead atoms. The monoisotopic (exact) mass is 291 g/mol. The summed E-state index contributed by atoms with van der Waals surface area (Å²) in [6.07, 6.45) is 4.89. The van der Waals surface area contributed by atoms with Crippen LogP contribution in [-0.2, 0) is 9.47 Å². The second-order valence-electron chi connectivity index (χ2n) is 6.05. The normalized spacial score (nSPS) is 21.2. The number of rotatable bonds is 10. The molecule has 0 radical (unpaired) electrons. The van der Waals surface area contributed by atoms with E-state index >= 15 is 0 Å². The molecule has 3 heteroatoms. The van der Waals surface area contributed by atoms with Crippen molar-refractivity contribution in [1.82, 2.24) is 5.32 Å². The number of aryl methyl sites for hydroxylation is 1. The number of methoxy groups -OCH3 is 1. The van der Waals surface area contributed by atoms with E-state index in [1.54, 1.807) is 7.11 Å². The lowest BCUT2D eigenvalue weighted by Crippen LogP contribution is -2.40. The third kappa shape index (κ3) is 5.77. The first kappa shape index (κ1) is 16.5. The second kappa shape index (κ2) is 9.19. The standard InChI is InChI=1S/C18H29NO2/c1-15-6-5-7-16(12-15)17-13-18(14-17)19-8-3-4-9-21-11-10-20-2/h5-7,12,17-19H,3-4,8-11,13-14H2,1-2H3. The quantitative estimate of drug-likeness (QED) is 0.671. The zero-order chi connectivity index (χ0) is 14.9. The fourth-order valence-corrected chi connectivity index (χ4v) is 2.86. The van der Waals surface area contributed by atoms with E-state index in [1.807, 2.05) is 0 Å². The lowest BCUT2D eigenvalue weighted by molar-refractivity contribution is 0.0686. The summed E-state index contributed by atoms with van der Waals surface area (Å²) in [5.41, 5.74) is 2.89. The molecular weight excluding hydrogens is 262 g/mol. The fourth-order valence-electron chi connectivity index (χ4n) is 2.86. The molecule has 1 saturated carbocycles. The summed E-state index contributed by atoms with van der Waals surface area (Å²) in [5.74, 6) is 0.764. The Balaban J connectivity index is 1.47. The van der Waals surface area contributed by atoms with Crippen molar-refractivity contribution >= 4 is 0 Å². The fraction of sp³-hybridized carbons (Fsp3) is 0.667. The van der Waals surface area contributed by atoms with Gasteiger partial charge in [-0.2, -0.15) is 0 Å². The van der Waals surface area contributed by atoms with Gasteiger partial charge >= 0.3 is 0 Å². The summed E-state index contributed by atoms with van der Waals surface area (Å²) >= 11 is 0. The first-order valence-electron chi connectivity index (χ1n) is 8.16. The molecule has 1 N–H and O–H groups in total. The van der Waals surface area contributed by atoms with Gasteiger partial charge in [0, 0.05) is 19.8 Å². The smallest absolute Gasteiger partial charge is 0.0700 e. The highest BCUT2D eigenvalue weighted by Crippen LogP contribution is 2.36. The van der Waals surface area contributed by atoms with Gasteiger partial charge in [-0.15, -0.1) is 0 Å². The summed E-state index contributed by atoms with van der Waals surface area (Å²) in [7, 11) is 1.70. The zero-order valence-corrected chi connectivity index (χ0v) is 13.4. The molecule has 2 rings (SSSR count). The summed E-state index contributed by atoms with van der Waals surface area (Å²) in [6.45, 7) is 5.54. The molecule has 0 spiro atoms. The minimum absolute atomic E-state index is 0.695. The molecular formula is C18H29NO2. The predicted molar refractivity (Wildman–Crippen MR) is 86.9 cm³/mol. The van der Waals surface area contributed by atoms with E-state index in [0.717, 1.165) is 25.5 Å². The van der Waals surface area contributed by atoms with Crippen LogP contribution in [0.25, 0.3) is 0 Å². The first-order chi connectivity index (χ1) is 10.3. The average Bonchev–Trinajstić information content (AvgIpc) is 2.43. The number of hydrogen-bond acceptors (Lipinski definition) is 3. The molecule has 0 unspecified atom stereocenters. The van der Waals surface area contributed by atoms with E-state index in [0.29, 0.717) is 19.3 Å². The lowest BCUT2D eigenvalue weighted by atomic mass is 9.75. The van der Waals surface area contributed by atoms with Crippen molar-refractivity contribution < 1.29 is 9.47 Å². The Hall–Kier alpha value is -0.900. The van der Waals surface area contributed by atoms with Crippen molar-refractivity contribution in [3.63, 3.8) is 0 Å². The van der Waals surface area contributed by atoms with Gasteiger partial charge in [-0.1, -0.05) is 29.8 Å². The highest BCUT2D eigenvalue weighted by molar-refractivity contribution is 5.27. The van der Waals surface area contributed by atoms with Crippen molar-refractivity contribution in [2.24, 2.45) is 0 Å². The molecule has 1 aliphatic rings. The van der Waals surface area contributed by atoms with Crippen LogP contribution in [0.4, 0.5) is 0 Å². The van der Waals surface area contributed by atoms with Crippen molar-refractivity contribution in [2.45, 2.75) is 44.6 Å². The molecule has 0 saturated heterocycles. The van der Waals surface area contributed by atoms with Crippen LogP contribution in [-0.4, -0.2) is 39.5 Å². The number of hydrogen-bond donors (Lipinski definition) is 1. The Morgan fingerprint density at radius 3 is 2.76 bits per heavy atom. The van der Waals surface area contributed by atoms with Crippen LogP contribution >= 0.6 is 0 Å². The van der Waals surface area contributed by atoms with Crippen molar-refractivity contribution in [1.29, 1.82) is 0 Å². The van der Waals surface area contributed by atoms with Gasteiger partial charge in [0.15, 0.2) is 0 Å². The number of benzene rings is 1. The summed E-state index contributed by atoms with van der Waals surface area (Å²) in [5, 5.41) is 3.66. The molecule has 1 fully saturated rings. The summed E-state index contributed by atoms with van der Waals surface area (Å²) < 4.78 is 10.4. The van der Waals surface area contributed by atoms with Gasteiger partial charge in [-0.3, -0.25) is 0 Å². The number of nitrogens with one attached hydrogen (secondary N) is 1. The van der Waals surface area contributed by atoms with Crippen LogP contribution in [0.5, 0.6) is 0 Å². The molecule has 1 aromatic carbocycles. The summed E-state index contributed by atoms with van der Waals surface area (Å²) in [6, 6.07) is 9.66. The molecule has 3 nitrogen and oxygen atoms in total. The third-order valence-corrected chi connectivity index (χ3v) is 4.23. The van der Waals surface area contributed by atoms with Crippen LogP contribution in [0.2, 0.25) is 0 Å². The molecule has 0 aliphatic heterocycles. The van der Waals surface area contributed by atoms with Gasteiger partial charge in [0.2, 0.25) is 0 Å². The Bertz CT molecular complexity index is 402. The maximum Gasteiger partial charge on any atom is 0.0700 e. The third-order valence-electron chi connectivity index (χ3n) is 4.23. The maximum atomic E-state index is 5.45. The van der Waals surface area contributed by atoms with Gasteiger partial charge in [0.1, 0.15) is 0 Å². The van der Waals surface area contributed by atoms with E-state index in [4.69, 9.17) is 9.47 Å². The Morgan fingerprint density at radius 1 is 1.14 bits per heavy atom. The van der Waals surface area contributed by atoms with Gasteiger partial charge in [0.25, 0.3) is 0 Å². The Labute approximate surface area is 129 Å². The summed E-state index contributed by atoms with van der Waals surface area (Å²) in [4.78, 5) is 0. The number of ether oxygens (including phenoxy) is 2. The predicted octanol–water partition coefficient (Wildman–Crippen LogP) is 3.27. The van der Waals surface area contributed by atoms with Crippen molar-refractivity contribution in [3.8, 4) is 0 Å². The highest BCUT2D eigenvalue weighted by Gasteiger charge is 2.29. The van der Waals surface area contributed by atoms with Crippen molar-refractivity contribution in [2.75, 3.05) is 33.5 Å². The van der Waals surface area contributed by atoms with Crippen molar-refractivity contribution in [3.05, 3.63) is 35.4 Å². The SMILES string of the molecule is COCCOCCCCNC1CC(c2cccc(C)c2)C1. The topological polar surface area (TPSA) is 30.5 Å². The first-order valence-corrected chi connectivity index (χ1v) is 8.16. The molecule has 0 amide bonds. The van der Waals surface area contributed by atoms with Crippen LogP contribution in [0.1, 0.15) is 42.7 Å². The molecule has 0 atom stereocenters. The maximum absolute atomic E-state index is 5.45. The molecule has 0 aromatic heterocycles. The molecule has 1 aromatic rings. The number of unbranched alkanes of at least 4 members (excludes halogenated alkanes) is 1. The minimum atomic E-state index is 0.695. The molecule has 118 valence electrons. The molecule has 0 heterocycles. The molecule has 21 heavy (non-hydrogen) atoms. The Morgan fingerprint density at radius 2 is 2.00 bits per heavy atom. The second-order valence-corrected chi connectivity index (χ2v) is 6.05. The van der Waals surface area contributed by atoms with Gasteiger partial charge in [-0.25, -0.2) is 0 Å². The van der Waals surface area contributed by atoms with E-state index in [2.05, 4.69) is 36.5 Å². The van der Waals surface area contributed by atoms with Gasteiger partial charge in [-0.05, 0) is 50.6 Å². The largest absolute Gasteiger partial charge is 0.382 e. The van der Waals surface area contributed by atoms with Gasteiger partial charge < -0.3 is 14.8 Å². The lowest BCUT2D eigenvalue weighted by Gasteiger charge is -2.36. The van der Waals surface area contributed by atoms with Crippen LogP contribution in [0.3, 0.4) is 0 Å². The van der Waals surface area contributed by atoms with Crippen LogP contribution < -0.4 is 5.32 Å². The average molecular weight is 291 g/mol. The Kier molecular flexibility index (Phi) is 7.20. The zero-order valence-electron chi connectivity index (χ0n) is 13.4. The minimum Gasteiger partial charge on any atom is -0.382 e. The van der Waals surface area contributed by atoms with E-state index in [9.17, 15) is 0 Å². The van der Waals surface area contributed by atoms with E-state index in [-0.39, 0.29) is 0 Å². The van der Waals surface area contributed by atoms with E-state index < -0.39 is 0 Å².